The minimum Gasteiger partial charge on any atom is -0.478 e. The van der Waals surface area contributed by atoms with Crippen LogP contribution in [0.15, 0.2) is 54.6 Å². The molecule has 0 amide bonds. The van der Waals surface area contributed by atoms with Crippen molar-refractivity contribution >= 4 is 16.1 Å². The smallest absolute Gasteiger partial charge is 0.335 e. The lowest BCUT2D eigenvalue weighted by Gasteiger charge is -2.14. The first-order valence-corrected chi connectivity index (χ1v) is 8.22. The minimum absolute atomic E-state index is 0.153. The standard InChI is InChI=1S/C16H16O5S/c17-16(18)14-8-4-5-12(11-14)9-10-15(22(19,20)21)13-6-2-1-3-7-13/h1-8,11,15H,9-10H2,(H,17,18)(H,19,20,21). The lowest BCUT2D eigenvalue weighted by molar-refractivity contribution is 0.0696. The van der Waals surface area contributed by atoms with Crippen LogP contribution < -0.4 is 0 Å². The molecule has 5 nitrogen and oxygen atoms in total. The molecule has 0 aromatic heterocycles. The highest BCUT2D eigenvalue weighted by molar-refractivity contribution is 7.86. The largest absolute Gasteiger partial charge is 0.478 e. The van der Waals surface area contributed by atoms with Crippen LogP contribution in [-0.2, 0) is 16.5 Å². The zero-order valence-corrected chi connectivity index (χ0v) is 12.5. The molecular weight excluding hydrogens is 304 g/mol. The topological polar surface area (TPSA) is 91.7 Å². The van der Waals surface area contributed by atoms with Crippen LogP contribution in [0.3, 0.4) is 0 Å². The second-order valence-electron chi connectivity index (χ2n) is 4.96. The van der Waals surface area contributed by atoms with Crippen LogP contribution in [0.2, 0.25) is 0 Å². The van der Waals surface area contributed by atoms with Gasteiger partial charge in [-0.1, -0.05) is 42.5 Å². The normalized spacial score (nSPS) is 12.8. The SMILES string of the molecule is O=C(O)c1cccc(CCC(c2ccccc2)S(=O)(=O)O)c1. The number of rotatable bonds is 6. The van der Waals surface area contributed by atoms with Gasteiger partial charge in [0.25, 0.3) is 10.1 Å². The van der Waals surface area contributed by atoms with Gasteiger partial charge in [-0.15, -0.1) is 0 Å². The molecule has 0 aliphatic heterocycles. The maximum Gasteiger partial charge on any atom is 0.335 e. The Bertz CT molecular complexity index is 753. The van der Waals surface area contributed by atoms with Crippen LogP contribution in [-0.4, -0.2) is 24.0 Å². The van der Waals surface area contributed by atoms with Gasteiger partial charge in [0.15, 0.2) is 0 Å². The summed E-state index contributed by atoms with van der Waals surface area (Å²) in [6, 6.07) is 14.8. The molecule has 0 fully saturated rings. The molecular formula is C16H16O5S. The Hall–Kier alpha value is -2.18. The van der Waals surface area contributed by atoms with E-state index in [-0.39, 0.29) is 12.0 Å². The summed E-state index contributed by atoms with van der Waals surface area (Å²) in [4.78, 5) is 10.9. The fourth-order valence-corrected chi connectivity index (χ4v) is 3.23. The third-order valence-electron chi connectivity index (χ3n) is 3.40. The maximum atomic E-state index is 11.6. The van der Waals surface area contributed by atoms with Crippen LogP contribution in [0.4, 0.5) is 0 Å². The zero-order chi connectivity index (χ0) is 16.2. The molecule has 0 saturated carbocycles. The van der Waals surface area contributed by atoms with Gasteiger partial charge in [0, 0.05) is 0 Å². The first-order chi connectivity index (χ1) is 10.4. The van der Waals surface area contributed by atoms with E-state index in [1.807, 2.05) is 0 Å². The van der Waals surface area contributed by atoms with E-state index >= 15 is 0 Å². The Balaban J connectivity index is 2.19. The van der Waals surface area contributed by atoms with Gasteiger partial charge >= 0.3 is 5.97 Å². The molecule has 2 rings (SSSR count). The number of carbonyl (C=O) groups is 1. The number of carboxylic acid groups (broad SMARTS) is 1. The molecule has 2 aromatic rings. The Morgan fingerprint density at radius 2 is 1.73 bits per heavy atom. The zero-order valence-electron chi connectivity index (χ0n) is 11.7. The van der Waals surface area contributed by atoms with Gasteiger partial charge in [-0.3, -0.25) is 4.55 Å². The number of carboxylic acids is 1. The van der Waals surface area contributed by atoms with Crippen LogP contribution in [0.25, 0.3) is 0 Å². The molecule has 2 N–H and O–H groups in total. The van der Waals surface area contributed by atoms with Crippen molar-refractivity contribution in [1.29, 1.82) is 0 Å². The third kappa shape index (κ3) is 4.16. The first-order valence-electron chi connectivity index (χ1n) is 6.71. The van der Waals surface area contributed by atoms with E-state index in [2.05, 4.69) is 0 Å². The second kappa shape index (κ2) is 6.72. The van der Waals surface area contributed by atoms with Gasteiger partial charge in [0.05, 0.1) is 5.56 Å². The van der Waals surface area contributed by atoms with E-state index in [4.69, 9.17) is 5.11 Å². The molecule has 1 unspecified atom stereocenters. The number of aromatic carboxylic acids is 1. The second-order valence-corrected chi connectivity index (χ2v) is 6.56. The first kappa shape index (κ1) is 16.2. The summed E-state index contributed by atoms with van der Waals surface area (Å²) in [5.74, 6) is -1.03. The van der Waals surface area contributed by atoms with Gasteiger partial charge in [-0.05, 0) is 36.1 Å². The maximum absolute atomic E-state index is 11.6. The van der Waals surface area contributed by atoms with E-state index in [9.17, 15) is 17.8 Å². The molecule has 0 radical (unpaired) electrons. The molecule has 0 aliphatic rings. The summed E-state index contributed by atoms with van der Waals surface area (Å²) >= 11 is 0. The lowest BCUT2D eigenvalue weighted by atomic mass is 10.0. The van der Waals surface area contributed by atoms with Gasteiger partial charge in [-0.2, -0.15) is 8.42 Å². The molecule has 0 spiro atoms. The number of aryl methyl sites for hydroxylation is 1. The van der Waals surface area contributed by atoms with Crippen molar-refractivity contribution in [1.82, 2.24) is 0 Å². The minimum atomic E-state index is -4.23. The molecule has 1 atom stereocenters. The summed E-state index contributed by atoms with van der Waals surface area (Å²) < 4.78 is 32.6. The summed E-state index contributed by atoms with van der Waals surface area (Å²) in [6.07, 6.45) is 0.520. The molecule has 116 valence electrons. The Labute approximate surface area is 129 Å². The monoisotopic (exact) mass is 320 g/mol. The molecule has 0 heterocycles. The fraction of sp³-hybridized carbons (Fsp3) is 0.188. The van der Waals surface area contributed by atoms with Crippen molar-refractivity contribution in [3.8, 4) is 0 Å². The quantitative estimate of drug-likeness (QED) is 0.798. The summed E-state index contributed by atoms with van der Waals surface area (Å²) in [7, 11) is -4.23. The molecule has 0 bridgehead atoms. The average Bonchev–Trinajstić information content (AvgIpc) is 2.47. The van der Waals surface area contributed by atoms with Crippen LogP contribution in [0.5, 0.6) is 0 Å². The predicted octanol–water partition coefficient (Wildman–Crippen LogP) is 2.95. The highest BCUT2D eigenvalue weighted by Gasteiger charge is 2.24. The van der Waals surface area contributed by atoms with Crippen LogP contribution in [0.1, 0.15) is 33.2 Å². The van der Waals surface area contributed by atoms with Crippen molar-refractivity contribution in [3.05, 3.63) is 71.3 Å². The number of hydrogen-bond donors (Lipinski definition) is 2. The van der Waals surface area contributed by atoms with Crippen LogP contribution >= 0.6 is 0 Å². The van der Waals surface area contributed by atoms with E-state index in [0.29, 0.717) is 17.5 Å². The number of hydrogen-bond acceptors (Lipinski definition) is 3. The Morgan fingerprint density at radius 1 is 1.05 bits per heavy atom. The molecule has 0 aliphatic carbocycles. The van der Waals surface area contributed by atoms with Gasteiger partial charge in [0.2, 0.25) is 0 Å². The van der Waals surface area contributed by atoms with Crippen molar-refractivity contribution < 1.29 is 22.9 Å². The van der Waals surface area contributed by atoms with E-state index in [0.717, 1.165) is 0 Å². The lowest BCUT2D eigenvalue weighted by Crippen LogP contribution is -2.13. The Kier molecular flexibility index (Phi) is 4.95. The van der Waals surface area contributed by atoms with Crippen molar-refractivity contribution in [2.24, 2.45) is 0 Å². The van der Waals surface area contributed by atoms with E-state index in [1.165, 1.54) is 12.1 Å². The molecule has 2 aromatic carbocycles. The highest BCUT2D eigenvalue weighted by Crippen LogP contribution is 2.26. The van der Waals surface area contributed by atoms with Gasteiger partial charge in [-0.25, -0.2) is 4.79 Å². The number of benzene rings is 2. The third-order valence-corrected chi connectivity index (χ3v) is 4.63. The predicted molar refractivity (Wildman–Crippen MR) is 82.5 cm³/mol. The van der Waals surface area contributed by atoms with E-state index in [1.54, 1.807) is 42.5 Å². The van der Waals surface area contributed by atoms with E-state index < -0.39 is 21.3 Å². The Morgan fingerprint density at radius 3 is 2.32 bits per heavy atom. The average molecular weight is 320 g/mol. The van der Waals surface area contributed by atoms with Gasteiger partial charge in [0.1, 0.15) is 5.25 Å². The fourth-order valence-electron chi connectivity index (χ4n) is 2.31. The van der Waals surface area contributed by atoms with Crippen molar-refractivity contribution in [2.75, 3.05) is 0 Å². The van der Waals surface area contributed by atoms with Gasteiger partial charge < -0.3 is 5.11 Å². The summed E-state index contributed by atoms with van der Waals surface area (Å²) in [5.41, 5.74) is 1.38. The molecule has 22 heavy (non-hydrogen) atoms. The van der Waals surface area contributed by atoms with Crippen molar-refractivity contribution in [3.63, 3.8) is 0 Å². The molecule has 0 saturated heterocycles. The highest BCUT2D eigenvalue weighted by atomic mass is 32.2. The van der Waals surface area contributed by atoms with Crippen molar-refractivity contribution in [2.45, 2.75) is 18.1 Å². The summed E-state index contributed by atoms with van der Waals surface area (Å²) in [6.45, 7) is 0. The molecule has 6 heteroatoms. The summed E-state index contributed by atoms with van der Waals surface area (Å²) in [5, 5.41) is 7.93. The van der Waals surface area contributed by atoms with Crippen LogP contribution in [0, 0.1) is 0 Å².